The molecule has 1 N–H and O–H groups in total. The summed E-state index contributed by atoms with van der Waals surface area (Å²) in [6, 6.07) is 8.99. The number of carbonyl (C=O) groups excluding carboxylic acids is 1. The number of aliphatic hydroxyl groups is 1. The third-order valence-corrected chi connectivity index (χ3v) is 2.05. The standard InChI is InChI=1S/C11H10O3/c1-7(12)11(13)10-6-8-4-2-3-5-9(8)14-10/h2-7,12H,1H3/t7-/m1/s1. The van der Waals surface area contributed by atoms with Crippen LogP contribution >= 0.6 is 0 Å². The molecule has 0 aliphatic heterocycles. The summed E-state index contributed by atoms with van der Waals surface area (Å²) in [5, 5.41) is 9.96. The molecule has 0 unspecified atom stereocenters. The van der Waals surface area contributed by atoms with Crippen molar-refractivity contribution in [1.29, 1.82) is 0 Å². The molecule has 0 saturated carbocycles. The van der Waals surface area contributed by atoms with Crippen molar-refractivity contribution < 1.29 is 14.3 Å². The number of furan rings is 1. The first-order chi connectivity index (χ1) is 6.68. The van der Waals surface area contributed by atoms with Crippen LogP contribution in [0, 0.1) is 0 Å². The van der Waals surface area contributed by atoms with Gasteiger partial charge >= 0.3 is 0 Å². The summed E-state index contributed by atoms with van der Waals surface area (Å²) in [7, 11) is 0. The zero-order valence-corrected chi connectivity index (χ0v) is 7.73. The topological polar surface area (TPSA) is 50.4 Å². The summed E-state index contributed by atoms with van der Waals surface area (Å²) in [5.74, 6) is -0.178. The molecule has 0 amide bonds. The fourth-order valence-electron chi connectivity index (χ4n) is 1.31. The van der Waals surface area contributed by atoms with Gasteiger partial charge in [-0.15, -0.1) is 0 Å². The first-order valence-electron chi connectivity index (χ1n) is 4.39. The van der Waals surface area contributed by atoms with E-state index in [4.69, 9.17) is 9.52 Å². The van der Waals surface area contributed by atoms with Gasteiger partial charge in [0.15, 0.2) is 5.76 Å². The van der Waals surface area contributed by atoms with Gasteiger partial charge in [0.1, 0.15) is 11.7 Å². The monoisotopic (exact) mass is 190 g/mol. The van der Waals surface area contributed by atoms with Gasteiger partial charge in [0.05, 0.1) is 0 Å². The van der Waals surface area contributed by atoms with Crippen molar-refractivity contribution in [1.82, 2.24) is 0 Å². The van der Waals surface area contributed by atoms with Crippen molar-refractivity contribution in [3.8, 4) is 0 Å². The maximum absolute atomic E-state index is 11.4. The molecule has 0 bridgehead atoms. The van der Waals surface area contributed by atoms with E-state index < -0.39 is 6.10 Å². The Morgan fingerprint density at radius 2 is 2.14 bits per heavy atom. The minimum absolute atomic E-state index is 0.209. The Morgan fingerprint density at radius 1 is 1.43 bits per heavy atom. The van der Waals surface area contributed by atoms with E-state index in [1.807, 2.05) is 18.2 Å². The molecule has 0 fully saturated rings. The van der Waals surface area contributed by atoms with Crippen LogP contribution in [0.5, 0.6) is 0 Å². The van der Waals surface area contributed by atoms with Gasteiger partial charge in [0.2, 0.25) is 5.78 Å². The van der Waals surface area contributed by atoms with E-state index in [9.17, 15) is 4.79 Å². The number of para-hydroxylation sites is 1. The highest BCUT2D eigenvalue weighted by atomic mass is 16.4. The van der Waals surface area contributed by atoms with Gasteiger partial charge in [0.25, 0.3) is 0 Å². The summed E-state index contributed by atoms with van der Waals surface area (Å²) in [5.41, 5.74) is 0.663. The number of fused-ring (bicyclic) bond motifs is 1. The van der Waals surface area contributed by atoms with Crippen LogP contribution in [0.2, 0.25) is 0 Å². The van der Waals surface area contributed by atoms with Crippen molar-refractivity contribution in [2.24, 2.45) is 0 Å². The van der Waals surface area contributed by atoms with Gasteiger partial charge in [0, 0.05) is 5.39 Å². The molecule has 2 aromatic rings. The first kappa shape index (κ1) is 8.97. The van der Waals surface area contributed by atoms with Gasteiger partial charge in [-0.25, -0.2) is 0 Å². The summed E-state index contributed by atoms with van der Waals surface area (Å²) in [6.45, 7) is 1.43. The number of aliphatic hydroxyl groups excluding tert-OH is 1. The Morgan fingerprint density at radius 3 is 2.79 bits per heavy atom. The third-order valence-electron chi connectivity index (χ3n) is 2.05. The lowest BCUT2D eigenvalue weighted by molar-refractivity contribution is 0.0752. The van der Waals surface area contributed by atoms with Crippen LogP contribution in [0.15, 0.2) is 34.7 Å². The number of hydrogen-bond acceptors (Lipinski definition) is 3. The summed E-state index contributed by atoms with van der Waals surface area (Å²) < 4.78 is 5.28. The molecule has 72 valence electrons. The zero-order valence-electron chi connectivity index (χ0n) is 7.73. The largest absolute Gasteiger partial charge is 0.453 e. The van der Waals surface area contributed by atoms with Crippen LogP contribution < -0.4 is 0 Å². The number of rotatable bonds is 2. The second-order valence-electron chi connectivity index (χ2n) is 3.19. The Kier molecular flexibility index (Phi) is 2.09. The van der Waals surface area contributed by atoms with Crippen molar-refractivity contribution >= 4 is 16.8 Å². The molecule has 0 aliphatic carbocycles. The van der Waals surface area contributed by atoms with E-state index >= 15 is 0 Å². The molecule has 14 heavy (non-hydrogen) atoms. The molecule has 3 nitrogen and oxygen atoms in total. The smallest absolute Gasteiger partial charge is 0.226 e. The van der Waals surface area contributed by atoms with Crippen LogP contribution in [-0.4, -0.2) is 17.0 Å². The molecule has 0 aliphatic rings. The number of hydrogen-bond donors (Lipinski definition) is 1. The van der Waals surface area contributed by atoms with Crippen LogP contribution in [0.3, 0.4) is 0 Å². The van der Waals surface area contributed by atoms with E-state index in [-0.39, 0.29) is 11.5 Å². The van der Waals surface area contributed by atoms with Gasteiger partial charge in [-0.3, -0.25) is 4.79 Å². The third kappa shape index (κ3) is 1.42. The van der Waals surface area contributed by atoms with Crippen molar-refractivity contribution in [2.75, 3.05) is 0 Å². The minimum Gasteiger partial charge on any atom is -0.453 e. The molecule has 1 aromatic heterocycles. The van der Waals surface area contributed by atoms with E-state index in [2.05, 4.69) is 0 Å². The average molecular weight is 190 g/mol. The van der Waals surface area contributed by atoms with Crippen LogP contribution in [0.4, 0.5) is 0 Å². The Hall–Kier alpha value is -1.61. The SMILES string of the molecule is C[C@@H](O)C(=O)c1cc2ccccc2o1. The molecule has 1 heterocycles. The lowest BCUT2D eigenvalue weighted by Crippen LogP contribution is -2.14. The van der Waals surface area contributed by atoms with Gasteiger partial charge < -0.3 is 9.52 Å². The number of carbonyl (C=O) groups is 1. The fourth-order valence-corrected chi connectivity index (χ4v) is 1.31. The second-order valence-corrected chi connectivity index (χ2v) is 3.19. The predicted octanol–water partition coefficient (Wildman–Crippen LogP) is 2.00. The molecular formula is C11H10O3. The number of benzene rings is 1. The van der Waals surface area contributed by atoms with Crippen molar-refractivity contribution in [3.05, 3.63) is 36.1 Å². The molecule has 2 rings (SSSR count). The maximum atomic E-state index is 11.4. The molecule has 0 spiro atoms. The zero-order chi connectivity index (χ0) is 10.1. The Bertz CT molecular complexity index is 435. The highest BCUT2D eigenvalue weighted by Gasteiger charge is 2.16. The second kappa shape index (κ2) is 3.27. The predicted molar refractivity (Wildman–Crippen MR) is 52.2 cm³/mol. The fraction of sp³-hybridized carbons (Fsp3) is 0.182. The van der Waals surface area contributed by atoms with E-state index in [1.54, 1.807) is 12.1 Å². The summed E-state index contributed by atoms with van der Waals surface area (Å²) in [6.07, 6.45) is -1.02. The Balaban J connectivity index is 2.50. The van der Waals surface area contributed by atoms with E-state index in [1.165, 1.54) is 6.92 Å². The first-order valence-corrected chi connectivity index (χ1v) is 4.39. The normalized spacial score (nSPS) is 13.0. The van der Waals surface area contributed by atoms with E-state index in [0.717, 1.165) is 5.39 Å². The maximum Gasteiger partial charge on any atom is 0.226 e. The number of Topliss-reactive ketones (excluding diaryl/α,β-unsaturated/α-hetero) is 1. The quantitative estimate of drug-likeness (QED) is 0.737. The minimum atomic E-state index is -1.02. The molecule has 1 atom stereocenters. The summed E-state index contributed by atoms with van der Waals surface area (Å²) >= 11 is 0. The molecule has 1 aromatic carbocycles. The highest BCUT2D eigenvalue weighted by molar-refractivity contribution is 5.99. The highest BCUT2D eigenvalue weighted by Crippen LogP contribution is 2.19. The molecular weight excluding hydrogens is 180 g/mol. The average Bonchev–Trinajstić information content (AvgIpc) is 2.59. The van der Waals surface area contributed by atoms with Crippen molar-refractivity contribution in [2.45, 2.75) is 13.0 Å². The van der Waals surface area contributed by atoms with Crippen LogP contribution in [0.25, 0.3) is 11.0 Å². The lowest BCUT2D eigenvalue weighted by Gasteiger charge is -1.97. The Labute approximate surface area is 81.0 Å². The van der Waals surface area contributed by atoms with Gasteiger partial charge in [-0.2, -0.15) is 0 Å². The molecule has 0 saturated heterocycles. The van der Waals surface area contributed by atoms with Crippen LogP contribution in [-0.2, 0) is 0 Å². The van der Waals surface area contributed by atoms with Crippen molar-refractivity contribution in [3.63, 3.8) is 0 Å². The summed E-state index contributed by atoms with van der Waals surface area (Å²) in [4.78, 5) is 11.4. The lowest BCUT2D eigenvalue weighted by atomic mass is 10.2. The van der Waals surface area contributed by atoms with Gasteiger partial charge in [-0.05, 0) is 19.1 Å². The number of ketones is 1. The van der Waals surface area contributed by atoms with Crippen LogP contribution in [0.1, 0.15) is 17.5 Å². The molecule has 3 heteroatoms. The van der Waals surface area contributed by atoms with Gasteiger partial charge in [-0.1, -0.05) is 18.2 Å². The molecule has 0 radical (unpaired) electrons. The van der Waals surface area contributed by atoms with E-state index in [0.29, 0.717) is 5.58 Å².